The smallest absolute Gasteiger partial charge is 0.238 e. The lowest BCUT2D eigenvalue weighted by Gasteiger charge is -2.02. The molecule has 1 atom stereocenters. The van der Waals surface area contributed by atoms with Gasteiger partial charge in [-0.3, -0.25) is 0 Å². The molecule has 0 heterocycles. The van der Waals surface area contributed by atoms with Crippen LogP contribution in [0.4, 0.5) is 13.2 Å². The fraction of sp³-hybridized carbons (Fsp3) is 0.833. The third kappa shape index (κ3) is 5.66. The van der Waals surface area contributed by atoms with E-state index in [0.29, 0.717) is 0 Å². The van der Waals surface area contributed by atoms with Gasteiger partial charge < -0.3 is 0 Å². The summed E-state index contributed by atoms with van der Waals surface area (Å²) in [4.78, 5) is 0. The Labute approximate surface area is 53.1 Å². The third-order valence-electron chi connectivity index (χ3n) is 1.01. The molecule has 0 spiro atoms. The van der Waals surface area contributed by atoms with Gasteiger partial charge in [0, 0.05) is 6.42 Å². The van der Waals surface area contributed by atoms with Crippen LogP contribution < -0.4 is 0 Å². The Hall–Kier alpha value is -0.210. The Kier molecular flexibility index (Phi) is 4.54. The van der Waals surface area contributed by atoms with Gasteiger partial charge in [0.25, 0.3) is 0 Å². The van der Waals surface area contributed by atoms with Gasteiger partial charge in [0.2, 0.25) is 6.43 Å². The monoisotopic (exact) mass is 139 g/mol. The molecule has 9 heavy (non-hydrogen) atoms. The first-order chi connectivity index (χ1) is 4.16. The number of rotatable bonds is 4. The second-order valence-electron chi connectivity index (χ2n) is 1.85. The molecule has 0 aromatic rings. The molecule has 0 rings (SSSR count). The van der Waals surface area contributed by atoms with Crippen molar-refractivity contribution < 1.29 is 13.2 Å². The fourth-order valence-corrected chi connectivity index (χ4v) is 0.451. The van der Waals surface area contributed by atoms with Crippen molar-refractivity contribution in [1.29, 1.82) is 0 Å². The lowest BCUT2D eigenvalue weighted by molar-refractivity contribution is 0.121. The van der Waals surface area contributed by atoms with Crippen molar-refractivity contribution in [1.82, 2.24) is 0 Å². The fourth-order valence-electron chi connectivity index (χ4n) is 0.451. The van der Waals surface area contributed by atoms with Crippen molar-refractivity contribution in [2.75, 3.05) is 0 Å². The molecular weight excluding hydrogens is 129 g/mol. The predicted molar refractivity (Wildman–Crippen MR) is 30.1 cm³/mol. The van der Waals surface area contributed by atoms with Gasteiger partial charge >= 0.3 is 0 Å². The summed E-state index contributed by atoms with van der Waals surface area (Å²) in [6.45, 7) is 3.24. The Morgan fingerprint density at radius 1 is 1.11 bits per heavy atom. The predicted octanol–water partition coefficient (Wildman–Crippen LogP) is 2.59. The molecule has 1 radical (unpaired) electrons. The van der Waals surface area contributed by atoms with Crippen LogP contribution in [0.15, 0.2) is 0 Å². The van der Waals surface area contributed by atoms with Crippen molar-refractivity contribution >= 4 is 0 Å². The summed E-state index contributed by atoms with van der Waals surface area (Å²) in [5, 5.41) is 0. The van der Waals surface area contributed by atoms with E-state index >= 15 is 0 Å². The van der Waals surface area contributed by atoms with Crippen LogP contribution in [-0.2, 0) is 0 Å². The van der Waals surface area contributed by atoms with Gasteiger partial charge in [-0.15, -0.1) is 0 Å². The molecule has 1 unspecified atom stereocenters. The van der Waals surface area contributed by atoms with Gasteiger partial charge in [-0.1, -0.05) is 6.92 Å². The van der Waals surface area contributed by atoms with Gasteiger partial charge in [-0.05, 0) is 12.8 Å². The van der Waals surface area contributed by atoms with Crippen molar-refractivity contribution in [3.8, 4) is 0 Å². The Bertz CT molecular complexity index is 63.3. The first-order valence-corrected chi connectivity index (χ1v) is 2.88. The van der Waals surface area contributed by atoms with E-state index in [2.05, 4.69) is 6.92 Å². The molecule has 0 bridgehead atoms. The van der Waals surface area contributed by atoms with Gasteiger partial charge in [-0.25, -0.2) is 13.2 Å². The van der Waals surface area contributed by atoms with E-state index in [1.54, 1.807) is 0 Å². The summed E-state index contributed by atoms with van der Waals surface area (Å²) in [5.74, 6) is 0. The molecule has 0 aliphatic heterocycles. The van der Waals surface area contributed by atoms with E-state index < -0.39 is 12.6 Å². The minimum absolute atomic E-state index is 0.0683. The van der Waals surface area contributed by atoms with E-state index in [4.69, 9.17) is 0 Å². The van der Waals surface area contributed by atoms with Gasteiger partial charge in [0.05, 0.1) is 0 Å². The lowest BCUT2D eigenvalue weighted by Crippen LogP contribution is -2.01. The molecule has 0 fully saturated rings. The Morgan fingerprint density at radius 2 is 1.67 bits per heavy atom. The highest BCUT2D eigenvalue weighted by atomic mass is 19.3. The number of hydrogen-bond donors (Lipinski definition) is 0. The molecule has 0 aromatic carbocycles. The van der Waals surface area contributed by atoms with Gasteiger partial charge in [-0.2, -0.15) is 0 Å². The van der Waals surface area contributed by atoms with Crippen LogP contribution in [0.1, 0.15) is 19.3 Å². The zero-order valence-corrected chi connectivity index (χ0v) is 5.12. The highest BCUT2D eigenvalue weighted by molar-refractivity contribution is 4.57. The maximum Gasteiger partial charge on any atom is 0.238 e. The average Bonchev–Trinajstić information content (AvgIpc) is 1.83. The van der Waals surface area contributed by atoms with Crippen LogP contribution in [0.3, 0.4) is 0 Å². The maximum absolute atomic E-state index is 12.1. The summed E-state index contributed by atoms with van der Waals surface area (Å²) in [7, 11) is 0. The summed E-state index contributed by atoms with van der Waals surface area (Å²) in [6.07, 6.45) is -3.86. The van der Waals surface area contributed by atoms with Crippen LogP contribution in [0, 0.1) is 6.92 Å². The highest BCUT2D eigenvalue weighted by Crippen LogP contribution is 2.10. The minimum atomic E-state index is -2.38. The molecule has 0 aliphatic rings. The zero-order chi connectivity index (χ0) is 7.28. The summed E-state index contributed by atoms with van der Waals surface area (Å²) in [6, 6.07) is 0. The van der Waals surface area contributed by atoms with E-state index in [-0.39, 0.29) is 19.3 Å². The first-order valence-electron chi connectivity index (χ1n) is 2.88. The zero-order valence-electron chi connectivity index (χ0n) is 5.12. The largest absolute Gasteiger partial charge is 0.247 e. The van der Waals surface area contributed by atoms with Crippen LogP contribution in [-0.4, -0.2) is 12.6 Å². The third-order valence-corrected chi connectivity index (χ3v) is 1.01. The topological polar surface area (TPSA) is 0 Å². The van der Waals surface area contributed by atoms with Crippen LogP contribution >= 0.6 is 0 Å². The molecule has 55 valence electrons. The molecule has 0 amide bonds. The van der Waals surface area contributed by atoms with Crippen molar-refractivity contribution in [2.24, 2.45) is 0 Å². The van der Waals surface area contributed by atoms with E-state index in [1.165, 1.54) is 0 Å². The molecule has 0 saturated carbocycles. The first kappa shape index (κ1) is 8.79. The molecule has 0 nitrogen and oxygen atoms in total. The summed E-state index contributed by atoms with van der Waals surface area (Å²) < 4.78 is 34.8. The molecule has 0 N–H and O–H groups in total. The summed E-state index contributed by atoms with van der Waals surface area (Å²) in [5.41, 5.74) is 0. The normalized spacial score (nSPS) is 14.3. The van der Waals surface area contributed by atoms with Crippen molar-refractivity contribution in [3.05, 3.63) is 6.92 Å². The van der Waals surface area contributed by atoms with E-state index in [1.807, 2.05) is 0 Å². The molecule has 0 aromatic heterocycles. The molecule has 0 aliphatic carbocycles. The number of hydrogen-bond acceptors (Lipinski definition) is 0. The maximum atomic E-state index is 12.1. The summed E-state index contributed by atoms with van der Waals surface area (Å²) >= 11 is 0. The Morgan fingerprint density at radius 3 is 2.00 bits per heavy atom. The standard InChI is InChI=1S/C6H10F3/c1-2-5(7)3-4-6(8)9/h5-6H,1-4H2. The van der Waals surface area contributed by atoms with E-state index in [9.17, 15) is 13.2 Å². The van der Waals surface area contributed by atoms with Crippen LogP contribution in [0.5, 0.6) is 0 Å². The lowest BCUT2D eigenvalue weighted by atomic mass is 10.2. The van der Waals surface area contributed by atoms with Crippen LogP contribution in [0.2, 0.25) is 0 Å². The Balaban J connectivity index is 3.06. The second-order valence-corrected chi connectivity index (χ2v) is 1.85. The second kappa shape index (κ2) is 4.65. The minimum Gasteiger partial charge on any atom is -0.247 e. The van der Waals surface area contributed by atoms with Crippen molar-refractivity contribution in [3.63, 3.8) is 0 Å². The van der Waals surface area contributed by atoms with Gasteiger partial charge in [0.1, 0.15) is 6.17 Å². The number of alkyl halides is 3. The van der Waals surface area contributed by atoms with Gasteiger partial charge in [0.15, 0.2) is 0 Å². The molecular formula is C6H10F3. The molecule has 3 heteroatoms. The quantitative estimate of drug-likeness (QED) is 0.561. The van der Waals surface area contributed by atoms with Crippen LogP contribution in [0.25, 0.3) is 0 Å². The SMILES string of the molecule is [CH2]CC(F)CCC(F)F. The van der Waals surface area contributed by atoms with E-state index in [0.717, 1.165) is 0 Å². The average molecular weight is 139 g/mol. The molecule has 0 saturated heterocycles. The number of halogens is 3. The highest BCUT2D eigenvalue weighted by Gasteiger charge is 2.07. The van der Waals surface area contributed by atoms with Crippen molar-refractivity contribution in [2.45, 2.75) is 31.9 Å².